The quantitative estimate of drug-likeness (QED) is 0.884. The number of aromatic nitrogens is 1. The molecule has 1 aromatic heterocycles. The molecule has 1 aromatic rings. The van der Waals surface area contributed by atoms with Gasteiger partial charge in [0.05, 0.1) is 12.2 Å². The fraction of sp³-hybridized carbons (Fsp3) is 0.636. The van der Waals surface area contributed by atoms with Crippen LogP contribution in [0, 0.1) is 5.92 Å². The van der Waals surface area contributed by atoms with Gasteiger partial charge in [0.25, 0.3) is 0 Å². The van der Waals surface area contributed by atoms with Crippen LogP contribution >= 0.6 is 23.1 Å². The van der Waals surface area contributed by atoms with Gasteiger partial charge in [0.15, 0.2) is 5.17 Å². The van der Waals surface area contributed by atoms with E-state index < -0.39 is 0 Å². The second-order valence-corrected chi connectivity index (χ2v) is 6.35. The van der Waals surface area contributed by atoms with Crippen molar-refractivity contribution in [1.29, 1.82) is 0 Å². The summed E-state index contributed by atoms with van der Waals surface area (Å²) in [4.78, 5) is 18.2. The zero-order chi connectivity index (χ0) is 12.3. The second kappa shape index (κ2) is 5.73. The van der Waals surface area contributed by atoms with Gasteiger partial charge in [-0.25, -0.2) is 0 Å². The van der Waals surface area contributed by atoms with Gasteiger partial charge in [0, 0.05) is 17.2 Å². The molecule has 0 amide bonds. The lowest BCUT2D eigenvalue weighted by atomic mass is 10.0. The summed E-state index contributed by atoms with van der Waals surface area (Å²) in [5.74, 6) is 1.75. The Hall–Kier alpha value is -0.750. The minimum Gasteiger partial charge on any atom is -0.362 e. The number of rotatable bonds is 3. The van der Waals surface area contributed by atoms with Gasteiger partial charge in [-0.15, -0.1) is 0 Å². The molecular formula is C11H17N3OS2. The molecule has 0 aliphatic carbocycles. The Labute approximate surface area is 109 Å². The molecule has 2 N–H and O–H groups in total. The van der Waals surface area contributed by atoms with Gasteiger partial charge in [0.1, 0.15) is 0 Å². The highest BCUT2D eigenvalue weighted by molar-refractivity contribution is 8.13. The van der Waals surface area contributed by atoms with Gasteiger partial charge < -0.3 is 10.3 Å². The summed E-state index contributed by atoms with van der Waals surface area (Å²) >= 11 is 2.95. The van der Waals surface area contributed by atoms with Gasteiger partial charge in [-0.05, 0) is 12.3 Å². The highest BCUT2D eigenvalue weighted by Crippen LogP contribution is 2.19. The third kappa shape index (κ3) is 3.61. The van der Waals surface area contributed by atoms with E-state index in [1.807, 2.05) is 5.38 Å². The van der Waals surface area contributed by atoms with E-state index in [0.717, 1.165) is 16.6 Å². The topological polar surface area (TPSA) is 57.2 Å². The van der Waals surface area contributed by atoms with E-state index >= 15 is 0 Å². The molecule has 1 saturated heterocycles. The van der Waals surface area contributed by atoms with Gasteiger partial charge in [-0.1, -0.05) is 36.9 Å². The van der Waals surface area contributed by atoms with E-state index in [1.165, 1.54) is 17.8 Å². The third-order valence-electron chi connectivity index (χ3n) is 2.75. The fourth-order valence-corrected chi connectivity index (χ4v) is 3.22. The summed E-state index contributed by atoms with van der Waals surface area (Å²) < 4.78 is 0. The van der Waals surface area contributed by atoms with Crippen LogP contribution in [0.15, 0.2) is 15.2 Å². The minimum absolute atomic E-state index is 0.00971. The lowest BCUT2D eigenvalue weighted by molar-refractivity contribution is 0.442. The molecule has 0 bridgehead atoms. The first-order valence-corrected chi connectivity index (χ1v) is 7.62. The van der Waals surface area contributed by atoms with E-state index in [-0.39, 0.29) is 4.87 Å². The molecule has 1 fully saturated rings. The van der Waals surface area contributed by atoms with Crippen molar-refractivity contribution in [2.45, 2.75) is 32.9 Å². The van der Waals surface area contributed by atoms with Crippen LogP contribution in [0.2, 0.25) is 0 Å². The first kappa shape index (κ1) is 12.7. The second-order valence-electron chi connectivity index (χ2n) is 4.43. The van der Waals surface area contributed by atoms with Crippen LogP contribution in [-0.4, -0.2) is 21.9 Å². The average Bonchev–Trinajstić information content (AvgIpc) is 2.73. The van der Waals surface area contributed by atoms with Crippen LogP contribution in [0.4, 0.5) is 0 Å². The molecule has 2 heterocycles. The Morgan fingerprint density at radius 3 is 3.06 bits per heavy atom. The summed E-state index contributed by atoms with van der Waals surface area (Å²) in [6, 6.07) is 0.525. The Balaban J connectivity index is 1.95. The van der Waals surface area contributed by atoms with Crippen molar-refractivity contribution in [3.8, 4) is 0 Å². The summed E-state index contributed by atoms with van der Waals surface area (Å²) in [5, 5.41) is 6.29. The highest BCUT2D eigenvalue weighted by atomic mass is 32.2. The predicted molar refractivity (Wildman–Crippen MR) is 74.9 cm³/mol. The number of hydrogen-bond donors (Lipinski definition) is 2. The maximum absolute atomic E-state index is 11.0. The summed E-state index contributed by atoms with van der Waals surface area (Å²) in [6.07, 6.45) is 1.19. The smallest absolute Gasteiger partial charge is 0.304 e. The molecule has 1 aliphatic rings. The number of nitrogens with one attached hydrogen (secondary N) is 2. The number of thioether (sulfide) groups is 1. The third-order valence-corrected chi connectivity index (χ3v) is 4.42. The van der Waals surface area contributed by atoms with E-state index in [2.05, 4.69) is 29.1 Å². The number of aliphatic imine (C=N–C) groups is 1. The number of nitrogens with zero attached hydrogens (tertiary/aromatic N) is 1. The lowest BCUT2D eigenvalue weighted by Crippen LogP contribution is -2.41. The van der Waals surface area contributed by atoms with E-state index in [9.17, 15) is 4.79 Å². The van der Waals surface area contributed by atoms with Gasteiger partial charge in [-0.3, -0.25) is 9.79 Å². The van der Waals surface area contributed by atoms with Crippen molar-refractivity contribution in [2.24, 2.45) is 10.9 Å². The zero-order valence-corrected chi connectivity index (χ0v) is 11.7. The maximum atomic E-state index is 11.0. The Bertz CT molecular complexity index is 450. The molecule has 0 radical (unpaired) electrons. The summed E-state index contributed by atoms with van der Waals surface area (Å²) in [5.41, 5.74) is 0.890. The number of aromatic amines is 1. The molecule has 1 aliphatic heterocycles. The maximum Gasteiger partial charge on any atom is 0.304 e. The first-order valence-electron chi connectivity index (χ1n) is 5.75. The van der Waals surface area contributed by atoms with Crippen LogP contribution in [0.3, 0.4) is 0 Å². The molecule has 94 valence electrons. The predicted octanol–water partition coefficient (Wildman–Crippen LogP) is 2.04. The molecule has 0 aromatic carbocycles. The molecule has 0 spiro atoms. The molecule has 6 heteroatoms. The Morgan fingerprint density at radius 1 is 1.59 bits per heavy atom. The number of thiazole rings is 1. The molecule has 1 unspecified atom stereocenters. The normalized spacial score (nSPS) is 23.0. The van der Waals surface area contributed by atoms with E-state index in [1.54, 1.807) is 11.8 Å². The van der Waals surface area contributed by atoms with Crippen LogP contribution in [0.25, 0.3) is 0 Å². The van der Waals surface area contributed by atoms with Crippen molar-refractivity contribution in [2.75, 3.05) is 5.75 Å². The molecule has 17 heavy (non-hydrogen) atoms. The number of amidine groups is 1. The lowest BCUT2D eigenvalue weighted by Gasteiger charge is -2.28. The highest BCUT2D eigenvalue weighted by Gasteiger charge is 2.19. The van der Waals surface area contributed by atoms with Crippen molar-refractivity contribution in [3.05, 3.63) is 20.7 Å². The molecule has 2 rings (SSSR count). The van der Waals surface area contributed by atoms with Crippen LogP contribution in [0.5, 0.6) is 0 Å². The number of H-pyrrole nitrogens is 1. The van der Waals surface area contributed by atoms with Gasteiger partial charge >= 0.3 is 4.87 Å². The van der Waals surface area contributed by atoms with Crippen LogP contribution in [-0.2, 0) is 6.54 Å². The molecule has 4 nitrogen and oxygen atoms in total. The summed E-state index contributed by atoms with van der Waals surface area (Å²) in [7, 11) is 0. The minimum atomic E-state index is -0.00971. The summed E-state index contributed by atoms with van der Waals surface area (Å²) in [6.45, 7) is 5.00. The van der Waals surface area contributed by atoms with Crippen molar-refractivity contribution in [1.82, 2.24) is 10.3 Å². The monoisotopic (exact) mass is 271 g/mol. The fourth-order valence-electron chi connectivity index (χ4n) is 1.69. The first-order chi connectivity index (χ1) is 8.15. The average molecular weight is 271 g/mol. The SMILES string of the molecule is CC(C)C1CCSC(=NCc2csc(=O)[nH]2)N1. The molecular weight excluding hydrogens is 254 g/mol. The van der Waals surface area contributed by atoms with E-state index in [0.29, 0.717) is 18.5 Å². The van der Waals surface area contributed by atoms with Gasteiger partial charge in [-0.2, -0.15) is 0 Å². The van der Waals surface area contributed by atoms with Crippen molar-refractivity contribution >= 4 is 28.3 Å². The van der Waals surface area contributed by atoms with Crippen molar-refractivity contribution < 1.29 is 0 Å². The van der Waals surface area contributed by atoms with E-state index in [4.69, 9.17) is 0 Å². The van der Waals surface area contributed by atoms with Crippen LogP contribution < -0.4 is 10.2 Å². The van der Waals surface area contributed by atoms with Gasteiger partial charge in [0.2, 0.25) is 0 Å². The molecule has 1 atom stereocenters. The largest absolute Gasteiger partial charge is 0.362 e. The standard InChI is InChI=1S/C11H17N3OS2/c1-7(2)9-3-4-16-10(14-9)12-5-8-6-17-11(15)13-8/h6-7,9H,3-5H2,1-2H3,(H,12,14)(H,13,15). The Morgan fingerprint density at radius 2 is 2.41 bits per heavy atom. The van der Waals surface area contributed by atoms with Crippen LogP contribution in [0.1, 0.15) is 26.0 Å². The molecule has 0 saturated carbocycles. The zero-order valence-electron chi connectivity index (χ0n) is 10.0. The van der Waals surface area contributed by atoms with Crippen molar-refractivity contribution in [3.63, 3.8) is 0 Å². The number of hydrogen-bond acceptors (Lipinski definition) is 4. The Kier molecular flexibility index (Phi) is 4.28.